The SMILES string of the molecule is O=[N+]([O-])c1cn[nH]c1.[2H]C([2H])([2H])OS(=O)(=O)OC([2H])([2H])[2H].[2H]C([2H])([2H])n1cc([N+](=O)[O-])cn1.[Na+].[OH-]. The molecule has 17 heteroatoms. The molecule has 0 unspecified atom stereocenters. The zero-order valence-electron chi connectivity index (χ0n) is 21.7. The van der Waals surface area contributed by atoms with Crippen molar-refractivity contribution in [3.63, 3.8) is 0 Å². The van der Waals surface area contributed by atoms with Crippen LogP contribution in [0, 0.1) is 20.2 Å². The van der Waals surface area contributed by atoms with Gasteiger partial charge in [0.25, 0.3) is 0 Å². The number of H-pyrrole nitrogens is 1. The normalized spacial score (nSPS) is 15.8. The molecular weight excluding hydrogens is 391 g/mol. The molecule has 0 fully saturated rings. The van der Waals surface area contributed by atoms with Crippen LogP contribution in [0.4, 0.5) is 11.4 Å². The largest absolute Gasteiger partial charge is 1.00 e. The molecule has 26 heavy (non-hydrogen) atoms. The quantitative estimate of drug-likeness (QED) is 0.301. The molecule has 0 radical (unpaired) electrons. The average Bonchev–Trinajstić information content (AvgIpc) is 3.23. The first-order valence-corrected chi connectivity index (χ1v) is 6.45. The summed E-state index contributed by atoms with van der Waals surface area (Å²) < 4.78 is 87.0. The maximum absolute atomic E-state index is 10.5. The van der Waals surface area contributed by atoms with E-state index in [2.05, 4.69) is 23.7 Å². The smallest absolute Gasteiger partial charge is 0.870 e. The van der Waals surface area contributed by atoms with Crippen LogP contribution in [0.2, 0.25) is 0 Å². The van der Waals surface area contributed by atoms with Crippen LogP contribution >= 0.6 is 0 Å². The molecule has 0 spiro atoms. The predicted octanol–water partition coefficient (Wildman–Crippen LogP) is -3.00. The van der Waals surface area contributed by atoms with Gasteiger partial charge in [0, 0.05) is 11.1 Å². The van der Waals surface area contributed by atoms with Gasteiger partial charge in [-0.05, 0) is 0 Å². The van der Waals surface area contributed by atoms with Crippen LogP contribution < -0.4 is 29.6 Å². The van der Waals surface area contributed by atoms with E-state index in [1.54, 1.807) is 0 Å². The van der Waals surface area contributed by atoms with Crippen molar-refractivity contribution >= 4 is 21.8 Å². The van der Waals surface area contributed by atoms with Gasteiger partial charge in [-0.15, -0.1) is 0 Å². The number of nitrogens with one attached hydrogen (secondary N) is 1. The second-order valence-corrected chi connectivity index (χ2v) is 4.34. The fourth-order valence-electron chi connectivity index (χ4n) is 0.769. The van der Waals surface area contributed by atoms with Crippen molar-refractivity contribution in [3.05, 3.63) is 45.0 Å². The standard InChI is InChI=1S/C4H5N3O2.C3H3N3O2.C2H6O4S.Na.H2O/c1-6-3-4(2-5-6)7(8)9;7-6(8)3-1-4-5-2-3;1-5-7(3,4)6-2;;/h2-3H,1H3;1-2H,(H,4,5);1-2H3;;1H2/q;;;+1;/p-1/i1D3;;1D3,2D3;;. The first-order valence-electron chi connectivity index (χ1n) is 9.62. The van der Waals surface area contributed by atoms with Gasteiger partial charge in [-0.1, -0.05) is 0 Å². The molecule has 0 aliphatic heterocycles. The third-order valence-corrected chi connectivity index (χ3v) is 2.09. The number of rotatable bonds is 4. The zero-order valence-corrected chi connectivity index (χ0v) is 15.5. The Morgan fingerprint density at radius 1 is 1.19 bits per heavy atom. The Bertz CT molecular complexity index is 1000. The molecule has 15 nitrogen and oxygen atoms in total. The van der Waals surface area contributed by atoms with E-state index in [0.717, 1.165) is 18.6 Å². The molecule has 0 bridgehead atoms. The van der Waals surface area contributed by atoms with E-state index in [9.17, 15) is 28.6 Å². The minimum atomic E-state index is -5.02. The number of aromatic nitrogens is 4. The van der Waals surface area contributed by atoms with Gasteiger partial charge >= 0.3 is 51.3 Å². The van der Waals surface area contributed by atoms with Crippen LogP contribution in [0.25, 0.3) is 0 Å². The number of nitrogens with zero attached hydrogens (tertiary/aromatic N) is 5. The van der Waals surface area contributed by atoms with Gasteiger partial charge in [-0.2, -0.15) is 18.6 Å². The van der Waals surface area contributed by atoms with E-state index in [0.29, 0.717) is 4.68 Å². The van der Waals surface area contributed by atoms with Crippen LogP contribution in [-0.4, -0.2) is 57.8 Å². The van der Waals surface area contributed by atoms with Crippen molar-refractivity contribution in [2.24, 2.45) is 6.98 Å². The summed E-state index contributed by atoms with van der Waals surface area (Å²) in [5.74, 6) is 0. The zero-order chi connectivity index (χ0) is 26.3. The van der Waals surface area contributed by atoms with Crippen LogP contribution in [0.15, 0.2) is 24.8 Å². The van der Waals surface area contributed by atoms with Crippen LogP contribution in [0.3, 0.4) is 0 Å². The van der Waals surface area contributed by atoms with E-state index in [1.165, 1.54) is 6.20 Å². The van der Waals surface area contributed by atoms with Gasteiger partial charge in [-0.3, -0.25) is 38.4 Å². The van der Waals surface area contributed by atoms with Crippen molar-refractivity contribution < 1.29 is 74.0 Å². The maximum Gasteiger partial charge on any atom is 1.00 e. The molecule has 0 saturated carbocycles. The Hall–Kier alpha value is -1.95. The topological polar surface area (TPSA) is 215 Å². The summed E-state index contributed by atoms with van der Waals surface area (Å²) in [4.78, 5) is 18.7. The number of aromatic amines is 1. The number of hydrogen-bond acceptors (Lipinski definition) is 11. The Balaban J connectivity index is -0.000000436. The molecule has 0 aliphatic rings. The third-order valence-electron chi connectivity index (χ3n) is 1.68. The van der Waals surface area contributed by atoms with Gasteiger partial charge in [0.2, 0.25) is 0 Å². The fraction of sp³-hybridized carbons (Fsp3) is 0.333. The Morgan fingerprint density at radius 2 is 1.77 bits per heavy atom. The summed E-state index contributed by atoms with van der Waals surface area (Å²) in [6, 6.07) is 0. The van der Waals surface area contributed by atoms with Crippen molar-refractivity contribution in [1.29, 1.82) is 0 Å². The Morgan fingerprint density at radius 3 is 2.04 bits per heavy atom. The maximum atomic E-state index is 10.5. The third kappa shape index (κ3) is 12.4. The fourth-order valence-corrected chi connectivity index (χ4v) is 0.803. The van der Waals surface area contributed by atoms with Crippen molar-refractivity contribution in [2.45, 2.75) is 0 Å². The van der Waals surface area contributed by atoms with E-state index in [1.807, 2.05) is 0 Å². The molecule has 2 aromatic rings. The van der Waals surface area contributed by atoms with Crippen LogP contribution in [-0.2, 0) is 25.7 Å². The van der Waals surface area contributed by atoms with Crippen molar-refractivity contribution in [3.8, 4) is 0 Å². The Labute approximate surface area is 182 Å². The van der Waals surface area contributed by atoms with E-state index in [4.69, 9.17) is 12.3 Å². The molecule has 2 N–H and O–H groups in total. The average molecular weight is 415 g/mol. The molecule has 2 aromatic heterocycles. The number of hydrogen-bond donors (Lipinski definition) is 1. The summed E-state index contributed by atoms with van der Waals surface area (Å²) in [5.41, 5.74) is -0.337. The summed E-state index contributed by atoms with van der Waals surface area (Å²) in [7, 11) is -11.5. The molecular formula is C9H15N6NaO9S. The molecule has 142 valence electrons. The molecule has 0 atom stereocenters. The van der Waals surface area contributed by atoms with Gasteiger partial charge in [-0.25, -0.2) is 0 Å². The van der Waals surface area contributed by atoms with E-state index in [-0.39, 0.29) is 46.4 Å². The minimum absolute atomic E-state index is 0. The number of nitro groups is 2. The second-order valence-electron chi connectivity index (χ2n) is 3.19. The first-order chi connectivity index (χ1) is 14.6. The molecule has 0 amide bonds. The van der Waals surface area contributed by atoms with E-state index >= 15 is 0 Å². The molecule has 2 heterocycles. The molecule has 2 rings (SSSR count). The van der Waals surface area contributed by atoms with E-state index < -0.39 is 41.3 Å². The predicted molar refractivity (Wildman–Crippen MR) is 80.0 cm³/mol. The second kappa shape index (κ2) is 14.2. The minimum Gasteiger partial charge on any atom is -0.870 e. The van der Waals surface area contributed by atoms with Crippen LogP contribution in [0.1, 0.15) is 12.3 Å². The summed E-state index contributed by atoms with van der Waals surface area (Å²) in [6.07, 6.45) is 4.14. The van der Waals surface area contributed by atoms with Gasteiger partial charge in [0.15, 0.2) is 0 Å². The van der Waals surface area contributed by atoms with Crippen LogP contribution in [0.5, 0.6) is 0 Å². The van der Waals surface area contributed by atoms with Crippen molar-refractivity contribution in [1.82, 2.24) is 20.0 Å². The van der Waals surface area contributed by atoms with Gasteiger partial charge in [0.05, 0.1) is 38.3 Å². The Kier molecular flexibility index (Phi) is 7.75. The monoisotopic (exact) mass is 415 g/mol. The first kappa shape index (κ1) is 14.2. The summed E-state index contributed by atoms with van der Waals surface area (Å²) in [6.45, 7) is -2.45. The van der Waals surface area contributed by atoms with Gasteiger partial charge in [0.1, 0.15) is 18.6 Å². The molecule has 0 saturated heterocycles. The number of aryl methyl sites for hydroxylation is 1. The van der Waals surface area contributed by atoms with Crippen molar-refractivity contribution in [2.75, 3.05) is 14.1 Å². The summed E-state index contributed by atoms with van der Waals surface area (Å²) in [5, 5.41) is 28.9. The van der Waals surface area contributed by atoms with Gasteiger partial charge < -0.3 is 5.48 Å². The molecule has 0 aromatic carbocycles. The summed E-state index contributed by atoms with van der Waals surface area (Å²) >= 11 is 0. The molecule has 0 aliphatic carbocycles.